The number of carbonyl (C=O) groups is 1. The van der Waals surface area contributed by atoms with Crippen LogP contribution in [0, 0.1) is 0 Å². The molecule has 0 unspecified atom stereocenters. The van der Waals surface area contributed by atoms with Crippen molar-refractivity contribution < 1.29 is 17.9 Å². The van der Waals surface area contributed by atoms with E-state index < -0.39 is 21.8 Å². The van der Waals surface area contributed by atoms with Gasteiger partial charge in [0.05, 0.1) is 17.2 Å². The molecule has 0 bridgehead atoms. The van der Waals surface area contributed by atoms with Crippen LogP contribution in [0.1, 0.15) is 6.92 Å². The summed E-state index contributed by atoms with van der Waals surface area (Å²) in [4.78, 5) is 13.8. The van der Waals surface area contributed by atoms with Crippen molar-refractivity contribution in [1.82, 2.24) is 0 Å². The zero-order chi connectivity index (χ0) is 15.9. The van der Waals surface area contributed by atoms with Crippen molar-refractivity contribution in [1.29, 1.82) is 0 Å². The molecule has 1 aromatic carbocycles. The van der Waals surface area contributed by atoms with Crippen molar-refractivity contribution in [3.63, 3.8) is 0 Å². The molecular weight excluding hydrogens is 300 g/mol. The molecule has 1 rings (SSSR count). The molecule has 0 atom stereocenters. The summed E-state index contributed by atoms with van der Waals surface area (Å²) in [7, 11) is -3.78. The molecule has 0 saturated heterocycles. The summed E-state index contributed by atoms with van der Waals surface area (Å²) in [5.41, 5.74) is 11.1. The third-order valence-corrected chi connectivity index (χ3v) is 3.00. The number of azide groups is 1. The molecule has 112 valence electrons. The van der Waals surface area contributed by atoms with E-state index in [1.165, 1.54) is 24.3 Å². The zero-order valence-electron chi connectivity index (χ0n) is 10.9. The summed E-state index contributed by atoms with van der Waals surface area (Å²) < 4.78 is 26.8. The fourth-order valence-electron chi connectivity index (χ4n) is 1.18. The quantitative estimate of drug-likeness (QED) is 0.161. The van der Waals surface area contributed by atoms with E-state index in [-0.39, 0.29) is 11.5 Å². The number of anilines is 1. The standard InChI is InChI=1S/C10H12N6O4S/c1-2-20-10(17)9(15-16-11)14-13-7-3-5-8(6-4-7)21(12,18)19/h3-6,13H,2H2,1H3,(H2,12,18,19)/b14-9+. The summed E-state index contributed by atoms with van der Waals surface area (Å²) in [6.07, 6.45) is 0. The van der Waals surface area contributed by atoms with Gasteiger partial charge in [-0.25, -0.2) is 18.4 Å². The van der Waals surface area contributed by atoms with E-state index in [1.807, 2.05) is 0 Å². The molecule has 0 aliphatic heterocycles. The van der Waals surface area contributed by atoms with Crippen LogP contribution < -0.4 is 10.6 Å². The maximum absolute atomic E-state index is 11.4. The molecule has 21 heavy (non-hydrogen) atoms. The predicted molar refractivity (Wildman–Crippen MR) is 74.7 cm³/mol. The van der Waals surface area contributed by atoms with E-state index in [9.17, 15) is 13.2 Å². The molecule has 11 heteroatoms. The summed E-state index contributed by atoms with van der Waals surface area (Å²) in [6.45, 7) is 1.69. The van der Waals surface area contributed by atoms with Gasteiger partial charge in [-0.1, -0.05) is 0 Å². The van der Waals surface area contributed by atoms with Gasteiger partial charge in [0.2, 0.25) is 15.9 Å². The molecule has 0 spiro atoms. The number of hydrogen-bond donors (Lipinski definition) is 2. The molecule has 10 nitrogen and oxygen atoms in total. The topological polar surface area (TPSA) is 160 Å². The Morgan fingerprint density at radius 3 is 2.52 bits per heavy atom. The van der Waals surface area contributed by atoms with Crippen molar-refractivity contribution in [3.05, 3.63) is 34.7 Å². The molecular formula is C10H12N6O4S. The molecule has 0 aliphatic carbocycles. The molecule has 3 N–H and O–H groups in total. The highest BCUT2D eigenvalue weighted by Crippen LogP contribution is 2.12. The molecule has 0 aliphatic rings. The Bertz CT molecular complexity index is 691. The summed E-state index contributed by atoms with van der Waals surface area (Å²) in [5.74, 6) is -1.39. The number of hydrogen-bond acceptors (Lipinski definition) is 6. The maximum atomic E-state index is 11.4. The van der Waals surface area contributed by atoms with Gasteiger partial charge in [-0.2, -0.15) is 5.10 Å². The number of sulfonamides is 1. The number of benzene rings is 1. The summed E-state index contributed by atoms with van der Waals surface area (Å²) in [6, 6.07) is 5.26. The van der Waals surface area contributed by atoms with Crippen molar-refractivity contribution in [2.24, 2.45) is 15.4 Å². The summed E-state index contributed by atoms with van der Waals surface area (Å²) in [5, 5.41) is 11.6. The lowest BCUT2D eigenvalue weighted by Gasteiger charge is -2.04. The molecule has 0 radical (unpaired) electrons. The molecule has 0 aromatic heterocycles. The predicted octanol–water partition coefficient (Wildman–Crippen LogP) is 0.933. The Morgan fingerprint density at radius 1 is 1.43 bits per heavy atom. The number of carbonyl (C=O) groups excluding carboxylic acids is 1. The lowest BCUT2D eigenvalue weighted by atomic mass is 10.3. The fraction of sp³-hybridized carbons (Fsp3) is 0.200. The fourth-order valence-corrected chi connectivity index (χ4v) is 1.70. The van der Waals surface area contributed by atoms with E-state index >= 15 is 0 Å². The van der Waals surface area contributed by atoms with Crippen LogP contribution in [-0.4, -0.2) is 26.8 Å². The van der Waals surface area contributed by atoms with E-state index in [1.54, 1.807) is 6.92 Å². The second-order valence-corrected chi connectivity index (χ2v) is 5.09. The Balaban J connectivity index is 2.91. The van der Waals surface area contributed by atoms with Gasteiger partial charge >= 0.3 is 5.97 Å². The van der Waals surface area contributed by atoms with Gasteiger partial charge in [0, 0.05) is 4.91 Å². The smallest absolute Gasteiger partial charge is 0.361 e. The van der Waals surface area contributed by atoms with Gasteiger partial charge < -0.3 is 4.74 Å². The highest BCUT2D eigenvalue weighted by molar-refractivity contribution is 7.89. The minimum atomic E-state index is -3.78. The normalized spacial score (nSPS) is 11.4. The van der Waals surface area contributed by atoms with Crippen LogP contribution in [0.5, 0.6) is 0 Å². The van der Waals surface area contributed by atoms with Crippen molar-refractivity contribution >= 4 is 27.5 Å². The van der Waals surface area contributed by atoms with Crippen LogP contribution >= 0.6 is 0 Å². The first-order valence-corrected chi connectivity index (χ1v) is 7.12. The Labute approximate surface area is 120 Å². The third kappa shape index (κ3) is 5.10. The van der Waals surface area contributed by atoms with Crippen LogP contribution in [-0.2, 0) is 19.6 Å². The molecule has 0 heterocycles. The van der Waals surface area contributed by atoms with E-state index in [2.05, 4.69) is 25.3 Å². The highest BCUT2D eigenvalue weighted by atomic mass is 32.2. The Hall–Kier alpha value is -2.62. The molecule has 0 amide bonds. The second-order valence-electron chi connectivity index (χ2n) is 3.53. The Morgan fingerprint density at radius 2 is 2.05 bits per heavy atom. The molecule has 1 aromatic rings. The van der Waals surface area contributed by atoms with Crippen molar-refractivity contribution in [2.75, 3.05) is 12.0 Å². The monoisotopic (exact) mass is 312 g/mol. The number of primary sulfonamides is 1. The van der Waals surface area contributed by atoms with Gasteiger partial charge in [0.15, 0.2) is 0 Å². The number of nitrogens with zero attached hydrogens (tertiary/aromatic N) is 4. The van der Waals surface area contributed by atoms with Crippen LogP contribution in [0.15, 0.2) is 39.4 Å². The minimum absolute atomic E-state index is 0.0716. The first-order valence-electron chi connectivity index (χ1n) is 5.57. The third-order valence-electron chi connectivity index (χ3n) is 2.07. The van der Waals surface area contributed by atoms with Crippen molar-refractivity contribution in [2.45, 2.75) is 11.8 Å². The lowest BCUT2D eigenvalue weighted by molar-refractivity contribution is -0.135. The molecule has 0 saturated carbocycles. The van der Waals surface area contributed by atoms with Gasteiger partial charge in [-0.15, -0.1) is 0 Å². The van der Waals surface area contributed by atoms with Crippen LogP contribution in [0.3, 0.4) is 0 Å². The first-order chi connectivity index (χ1) is 9.88. The average Bonchev–Trinajstić information content (AvgIpc) is 2.43. The van der Waals surface area contributed by atoms with Crippen LogP contribution in [0.4, 0.5) is 5.69 Å². The number of ether oxygens (including phenoxy) is 1. The minimum Gasteiger partial charge on any atom is -0.461 e. The van der Waals surface area contributed by atoms with Gasteiger partial charge in [0.1, 0.15) is 0 Å². The van der Waals surface area contributed by atoms with Gasteiger partial charge in [0.25, 0.3) is 0 Å². The second kappa shape index (κ2) is 7.24. The van der Waals surface area contributed by atoms with Gasteiger partial charge in [-0.3, -0.25) is 5.43 Å². The van der Waals surface area contributed by atoms with Crippen LogP contribution in [0.2, 0.25) is 0 Å². The number of esters is 1. The van der Waals surface area contributed by atoms with E-state index in [4.69, 9.17) is 10.7 Å². The average molecular weight is 312 g/mol. The largest absolute Gasteiger partial charge is 0.461 e. The number of amidine groups is 1. The number of nitrogens with one attached hydrogen (secondary N) is 1. The Kier molecular flexibility index (Phi) is 5.67. The first kappa shape index (κ1) is 16.4. The van der Waals surface area contributed by atoms with E-state index in [0.717, 1.165) is 0 Å². The highest BCUT2D eigenvalue weighted by Gasteiger charge is 2.11. The van der Waals surface area contributed by atoms with Crippen LogP contribution in [0.25, 0.3) is 10.4 Å². The lowest BCUT2D eigenvalue weighted by Crippen LogP contribution is -2.16. The maximum Gasteiger partial charge on any atom is 0.361 e. The number of rotatable bonds is 4. The van der Waals surface area contributed by atoms with Crippen molar-refractivity contribution in [3.8, 4) is 0 Å². The SMILES string of the molecule is CCOC(=O)/C(N=[N+]=[N-])=N\Nc1ccc(S(N)(=O)=O)cc1. The van der Waals surface area contributed by atoms with Gasteiger partial charge in [-0.05, 0) is 41.8 Å². The number of hydrazone groups is 1. The number of nitrogens with two attached hydrogens (primary N) is 1. The van der Waals surface area contributed by atoms with E-state index in [0.29, 0.717) is 5.69 Å². The molecule has 0 fully saturated rings. The summed E-state index contributed by atoms with van der Waals surface area (Å²) >= 11 is 0. The zero-order valence-corrected chi connectivity index (χ0v) is 11.7.